The van der Waals surface area contributed by atoms with E-state index in [4.69, 9.17) is 11.6 Å². The van der Waals surface area contributed by atoms with Crippen LogP contribution in [0.4, 0.5) is 4.39 Å². The Labute approximate surface area is 205 Å². The van der Waals surface area contributed by atoms with Crippen LogP contribution in [-0.2, 0) is 17.9 Å². The first-order chi connectivity index (χ1) is 16.1. The zero-order valence-electron chi connectivity index (χ0n) is 20.3. The Balaban J connectivity index is 1.74. The molecule has 1 atom stereocenters. The summed E-state index contributed by atoms with van der Waals surface area (Å²) in [6.07, 6.45) is 2.80. The lowest BCUT2D eigenvalue weighted by molar-refractivity contribution is -0.134. The number of hydrogen-bond acceptors (Lipinski definition) is 4. The van der Waals surface area contributed by atoms with Gasteiger partial charge in [0.15, 0.2) is 5.69 Å². The smallest absolute Gasteiger partial charge is 0.272 e. The average molecular weight is 490 g/mol. The molecule has 1 aromatic heterocycles. The number of hydrogen-bond donors (Lipinski definition) is 1. The van der Waals surface area contributed by atoms with Gasteiger partial charge in [-0.3, -0.25) is 9.59 Å². The second-order valence-electron chi connectivity index (χ2n) is 10.4. The number of amides is 2. The Bertz CT molecular complexity index is 1090. The number of halogens is 2. The number of imidazole rings is 1. The Hall–Kier alpha value is -2.45. The molecule has 0 radical (unpaired) electrons. The van der Waals surface area contributed by atoms with E-state index in [0.29, 0.717) is 42.7 Å². The lowest BCUT2D eigenvalue weighted by atomic mass is 9.85. The van der Waals surface area contributed by atoms with Crippen LogP contribution in [0.1, 0.15) is 56.2 Å². The van der Waals surface area contributed by atoms with Gasteiger partial charge >= 0.3 is 0 Å². The average Bonchev–Trinajstić information content (AvgIpc) is 3.37. The van der Waals surface area contributed by atoms with Gasteiger partial charge in [0.1, 0.15) is 17.7 Å². The molecule has 2 aliphatic heterocycles. The molecule has 0 bridgehead atoms. The predicted octanol–water partition coefficient (Wildman–Crippen LogP) is 3.95. The number of benzene rings is 1. The number of aromatic nitrogens is 2. The quantitative estimate of drug-likeness (QED) is 0.706. The van der Waals surface area contributed by atoms with Crippen molar-refractivity contribution in [1.82, 2.24) is 24.7 Å². The molecule has 1 aromatic carbocycles. The predicted molar refractivity (Wildman–Crippen MR) is 130 cm³/mol. The summed E-state index contributed by atoms with van der Waals surface area (Å²) in [6.45, 7) is 9.21. The molecule has 0 spiro atoms. The summed E-state index contributed by atoms with van der Waals surface area (Å²) < 4.78 is 16.7. The molecule has 9 heteroatoms. The fraction of sp³-hybridized carbons (Fsp3) is 0.560. The summed E-state index contributed by atoms with van der Waals surface area (Å²) in [6, 6.07) is 3.65. The van der Waals surface area contributed by atoms with E-state index in [1.54, 1.807) is 0 Å². The van der Waals surface area contributed by atoms with Crippen molar-refractivity contribution in [3.05, 3.63) is 40.4 Å². The van der Waals surface area contributed by atoms with Crippen molar-refractivity contribution in [2.24, 2.45) is 5.41 Å². The maximum Gasteiger partial charge on any atom is 0.272 e. The third-order valence-corrected chi connectivity index (χ3v) is 6.84. The highest BCUT2D eigenvalue weighted by Crippen LogP contribution is 2.30. The van der Waals surface area contributed by atoms with Gasteiger partial charge < -0.3 is 19.7 Å². The van der Waals surface area contributed by atoms with Gasteiger partial charge in [-0.1, -0.05) is 32.4 Å². The van der Waals surface area contributed by atoms with Crippen molar-refractivity contribution in [3.63, 3.8) is 0 Å². The molecule has 184 valence electrons. The molecule has 0 unspecified atom stereocenters. The van der Waals surface area contributed by atoms with E-state index in [9.17, 15) is 14.0 Å². The highest BCUT2D eigenvalue weighted by atomic mass is 35.5. The summed E-state index contributed by atoms with van der Waals surface area (Å²) in [5, 5.41) is 3.38. The molecule has 1 fully saturated rings. The van der Waals surface area contributed by atoms with Crippen LogP contribution >= 0.6 is 11.6 Å². The molecule has 0 saturated carbocycles. The first-order valence-corrected chi connectivity index (χ1v) is 12.3. The molecule has 34 heavy (non-hydrogen) atoms. The van der Waals surface area contributed by atoms with Gasteiger partial charge in [-0.15, -0.1) is 0 Å². The second kappa shape index (κ2) is 9.66. The SMILES string of the molecule is CN1CCCn2c(-c3cc(Cl)ccc3F)nc(C(=O)N[C@H](C(=O)N3CCCC3)C(C)(C)C)c2C1. The number of fused-ring (bicyclic) bond motifs is 1. The maximum atomic E-state index is 14.8. The minimum absolute atomic E-state index is 0.0677. The number of likely N-dealkylation sites (tertiary alicyclic amines) is 1. The topological polar surface area (TPSA) is 70.5 Å². The first kappa shape index (κ1) is 24.7. The summed E-state index contributed by atoms with van der Waals surface area (Å²) in [4.78, 5) is 35.5. The van der Waals surface area contributed by atoms with E-state index < -0.39 is 23.2 Å². The van der Waals surface area contributed by atoms with Crippen LogP contribution in [0.5, 0.6) is 0 Å². The van der Waals surface area contributed by atoms with Crippen molar-refractivity contribution in [2.45, 2.75) is 59.2 Å². The van der Waals surface area contributed by atoms with Crippen LogP contribution in [0.2, 0.25) is 5.02 Å². The van der Waals surface area contributed by atoms with Crippen molar-refractivity contribution in [2.75, 3.05) is 26.7 Å². The van der Waals surface area contributed by atoms with Crippen molar-refractivity contribution >= 4 is 23.4 Å². The van der Waals surface area contributed by atoms with Crippen LogP contribution in [0.25, 0.3) is 11.4 Å². The third kappa shape index (κ3) is 4.98. The summed E-state index contributed by atoms with van der Waals surface area (Å²) in [7, 11) is 1.98. The summed E-state index contributed by atoms with van der Waals surface area (Å²) in [5.74, 6) is -0.547. The van der Waals surface area contributed by atoms with Crippen LogP contribution in [-0.4, -0.2) is 63.9 Å². The third-order valence-electron chi connectivity index (χ3n) is 6.60. The summed E-state index contributed by atoms with van der Waals surface area (Å²) in [5.41, 5.74) is 0.725. The lowest BCUT2D eigenvalue weighted by Crippen LogP contribution is -2.54. The molecule has 0 aliphatic carbocycles. The first-order valence-electron chi connectivity index (χ1n) is 11.9. The standard InChI is InChI=1S/C25H33ClFN5O2/c1-25(2,3)21(24(34)31-11-5-6-12-31)29-23(33)20-19-15-30(4)10-7-13-32(19)22(28-20)17-14-16(26)8-9-18(17)27/h8-9,14,21H,5-7,10-13,15H2,1-4H3,(H,29,33)/t21-/m1/s1. The molecule has 7 nitrogen and oxygen atoms in total. The number of carbonyl (C=O) groups is 2. The van der Waals surface area contributed by atoms with E-state index in [2.05, 4.69) is 15.2 Å². The minimum Gasteiger partial charge on any atom is -0.341 e. The molecule has 1 saturated heterocycles. The summed E-state index contributed by atoms with van der Waals surface area (Å²) >= 11 is 6.16. The van der Waals surface area contributed by atoms with E-state index in [0.717, 1.165) is 25.8 Å². The number of nitrogens with zero attached hydrogens (tertiary/aromatic N) is 4. The molecule has 4 rings (SSSR count). The minimum atomic E-state index is -0.690. The zero-order valence-corrected chi connectivity index (χ0v) is 21.1. The van der Waals surface area contributed by atoms with Crippen molar-refractivity contribution < 1.29 is 14.0 Å². The molecule has 2 amide bonds. The maximum absolute atomic E-state index is 14.8. The van der Waals surface area contributed by atoms with Crippen LogP contribution in [0.3, 0.4) is 0 Å². The van der Waals surface area contributed by atoms with Gasteiger partial charge in [0.05, 0.1) is 11.3 Å². The Morgan fingerprint density at radius 2 is 1.82 bits per heavy atom. The van der Waals surface area contributed by atoms with Gasteiger partial charge in [0.25, 0.3) is 5.91 Å². The normalized spacial score (nSPS) is 17.9. The Morgan fingerprint density at radius 3 is 2.50 bits per heavy atom. The molecule has 1 N–H and O–H groups in total. The number of nitrogens with one attached hydrogen (secondary N) is 1. The van der Waals surface area contributed by atoms with Gasteiger partial charge in [-0.05, 0) is 56.5 Å². The van der Waals surface area contributed by atoms with Crippen LogP contribution < -0.4 is 5.32 Å². The van der Waals surface area contributed by atoms with E-state index in [1.807, 2.05) is 37.3 Å². The highest BCUT2D eigenvalue weighted by Gasteiger charge is 2.38. The Morgan fingerprint density at radius 1 is 1.12 bits per heavy atom. The monoisotopic (exact) mass is 489 g/mol. The van der Waals surface area contributed by atoms with Gasteiger partial charge in [0.2, 0.25) is 5.91 Å². The van der Waals surface area contributed by atoms with Crippen molar-refractivity contribution in [3.8, 4) is 11.4 Å². The molecule has 3 heterocycles. The van der Waals surface area contributed by atoms with E-state index in [1.165, 1.54) is 18.2 Å². The van der Waals surface area contributed by atoms with E-state index >= 15 is 0 Å². The van der Waals surface area contributed by atoms with E-state index in [-0.39, 0.29) is 17.2 Å². The fourth-order valence-electron chi connectivity index (χ4n) is 4.75. The van der Waals surface area contributed by atoms with Crippen LogP contribution in [0.15, 0.2) is 18.2 Å². The lowest BCUT2D eigenvalue weighted by Gasteiger charge is -2.33. The number of carbonyl (C=O) groups excluding carboxylic acids is 2. The molecule has 2 aromatic rings. The second-order valence-corrected chi connectivity index (χ2v) is 10.8. The molecule has 2 aliphatic rings. The highest BCUT2D eigenvalue weighted by molar-refractivity contribution is 6.30. The molecular weight excluding hydrogens is 457 g/mol. The number of rotatable bonds is 4. The Kier molecular flexibility index (Phi) is 7.01. The van der Waals surface area contributed by atoms with Crippen LogP contribution in [0, 0.1) is 11.2 Å². The molecular formula is C25H33ClFN5O2. The van der Waals surface area contributed by atoms with Crippen molar-refractivity contribution in [1.29, 1.82) is 0 Å². The largest absolute Gasteiger partial charge is 0.341 e. The fourth-order valence-corrected chi connectivity index (χ4v) is 4.92. The van der Waals surface area contributed by atoms with Gasteiger partial charge in [0, 0.05) is 31.2 Å². The van der Waals surface area contributed by atoms with Gasteiger partial charge in [-0.25, -0.2) is 9.37 Å². The van der Waals surface area contributed by atoms with Gasteiger partial charge in [-0.2, -0.15) is 0 Å². The zero-order chi connectivity index (χ0) is 24.6.